The number of hydrogen-bond donors (Lipinski definition) is 0. The molecule has 0 aromatic rings. The predicted octanol–water partition coefficient (Wildman–Crippen LogP) is 18.1. The molecule has 0 fully saturated rings. The number of unbranched alkanes of at least 4 members (excludes halogenated alkanes) is 28. The van der Waals surface area contributed by atoms with Gasteiger partial charge in [0.15, 0.2) is 6.10 Å². The van der Waals surface area contributed by atoms with Crippen molar-refractivity contribution >= 4 is 11.9 Å². The Balaban J connectivity index is 4.30. The monoisotopic (exact) mass is 867 g/mol. The molecule has 0 aliphatic rings. The Labute approximate surface area is 385 Å². The standard InChI is InChI=1S/C57H102O5/c1-4-7-10-13-16-19-22-25-27-28-29-31-34-37-40-43-46-49-52-60-53-55(62-57(59)51-48-45-42-39-36-32-24-21-18-15-12-9-6-3)54-61-56(58)50-47-44-41-38-35-33-30-26-23-20-17-14-11-8-5-2/h9,12,18,21,26,30,32,36,42,45,55H,4-8,10-11,13-17,19-20,22-25,27-29,31,33-35,37-41,43-44,46-54H2,1-3H3/b12-9-,21-18-,30-26-,36-32-,45-42-. The van der Waals surface area contributed by atoms with Crippen molar-refractivity contribution in [1.29, 1.82) is 0 Å². The second kappa shape index (κ2) is 52.9. The van der Waals surface area contributed by atoms with E-state index in [0.29, 0.717) is 25.9 Å². The molecular formula is C57H102O5. The Morgan fingerprint density at radius 2 is 0.758 bits per heavy atom. The number of esters is 2. The van der Waals surface area contributed by atoms with Gasteiger partial charge in [-0.05, 0) is 70.6 Å². The van der Waals surface area contributed by atoms with Gasteiger partial charge in [-0.15, -0.1) is 0 Å². The van der Waals surface area contributed by atoms with E-state index in [2.05, 4.69) is 75.5 Å². The number of ether oxygens (including phenoxy) is 3. The first-order valence-corrected chi connectivity index (χ1v) is 26.8. The van der Waals surface area contributed by atoms with Crippen LogP contribution in [0.2, 0.25) is 0 Å². The van der Waals surface area contributed by atoms with Crippen LogP contribution in [-0.2, 0) is 23.8 Å². The summed E-state index contributed by atoms with van der Waals surface area (Å²) in [5.41, 5.74) is 0. The van der Waals surface area contributed by atoms with Gasteiger partial charge in [-0.3, -0.25) is 9.59 Å². The summed E-state index contributed by atoms with van der Waals surface area (Å²) in [5, 5.41) is 0. The van der Waals surface area contributed by atoms with E-state index in [-0.39, 0.29) is 25.2 Å². The van der Waals surface area contributed by atoms with Crippen LogP contribution in [0.3, 0.4) is 0 Å². The van der Waals surface area contributed by atoms with Crippen molar-refractivity contribution < 1.29 is 23.8 Å². The van der Waals surface area contributed by atoms with Crippen LogP contribution in [0.1, 0.15) is 265 Å². The lowest BCUT2D eigenvalue weighted by Crippen LogP contribution is -2.30. The number of rotatable bonds is 49. The first kappa shape index (κ1) is 59.6. The summed E-state index contributed by atoms with van der Waals surface area (Å²) in [6.07, 6.45) is 66.8. The number of allylic oxidation sites excluding steroid dienone is 10. The van der Waals surface area contributed by atoms with E-state index in [1.165, 1.54) is 161 Å². The van der Waals surface area contributed by atoms with Crippen LogP contribution in [0.15, 0.2) is 60.8 Å². The van der Waals surface area contributed by atoms with Crippen molar-refractivity contribution in [1.82, 2.24) is 0 Å². The van der Waals surface area contributed by atoms with Crippen LogP contribution < -0.4 is 0 Å². The van der Waals surface area contributed by atoms with E-state index in [0.717, 1.165) is 64.2 Å². The molecule has 0 amide bonds. The van der Waals surface area contributed by atoms with Gasteiger partial charge in [0.1, 0.15) is 6.61 Å². The highest BCUT2D eigenvalue weighted by Crippen LogP contribution is 2.15. The first-order valence-electron chi connectivity index (χ1n) is 26.8. The molecule has 0 bridgehead atoms. The zero-order chi connectivity index (χ0) is 44.9. The molecule has 0 aliphatic carbocycles. The third-order valence-electron chi connectivity index (χ3n) is 11.6. The second-order valence-electron chi connectivity index (χ2n) is 17.8. The summed E-state index contributed by atoms with van der Waals surface area (Å²) in [6, 6.07) is 0. The normalized spacial score (nSPS) is 12.6. The Bertz CT molecular complexity index is 1070. The van der Waals surface area contributed by atoms with Crippen LogP contribution in [0.5, 0.6) is 0 Å². The topological polar surface area (TPSA) is 61.8 Å². The minimum Gasteiger partial charge on any atom is -0.462 e. The molecule has 0 aliphatic heterocycles. The third kappa shape index (κ3) is 50.2. The molecule has 0 aromatic carbocycles. The van der Waals surface area contributed by atoms with Gasteiger partial charge < -0.3 is 14.2 Å². The van der Waals surface area contributed by atoms with Crippen molar-refractivity contribution in [3.05, 3.63) is 60.8 Å². The van der Waals surface area contributed by atoms with Gasteiger partial charge in [-0.1, -0.05) is 242 Å². The average molecular weight is 867 g/mol. The number of hydrogen-bond acceptors (Lipinski definition) is 5. The molecule has 0 saturated heterocycles. The molecule has 1 unspecified atom stereocenters. The van der Waals surface area contributed by atoms with Crippen LogP contribution in [0.4, 0.5) is 0 Å². The van der Waals surface area contributed by atoms with Crippen LogP contribution in [0, 0.1) is 0 Å². The highest BCUT2D eigenvalue weighted by Gasteiger charge is 2.17. The number of carbonyl (C=O) groups is 2. The maximum Gasteiger partial charge on any atom is 0.306 e. The largest absolute Gasteiger partial charge is 0.462 e. The molecule has 360 valence electrons. The maximum absolute atomic E-state index is 12.8. The van der Waals surface area contributed by atoms with Crippen LogP contribution in [0.25, 0.3) is 0 Å². The van der Waals surface area contributed by atoms with Gasteiger partial charge in [0.25, 0.3) is 0 Å². The van der Waals surface area contributed by atoms with Crippen LogP contribution in [-0.4, -0.2) is 37.9 Å². The molecule has 0 radical (unpaired) electrons. The Kier molecular flexibility index (Phi) is 50.9. The lowest BCUT2D eigenvalue weighted by molar-refractivity contribution is -0.162. The molecule has 0 saturated carbocycles. The van der Waals surface area contributed by atoms with Crippen LogP contribution >= 0.6 is 0 Å². The Morgan fingerprint density at radius 3 is 1.23 bits per heavy atom. The molecular weight excluding hydrogens is 765 g/mol. The lowest BCUT2D eigenvalue weighted by Gasteiger charge is -2.18. The smallest absolute Gasteiger partial charge is 0.306 e. The van der Waals surface area contributed by atoms with E-state index in [1.54, 1.807) is 0 Å². The Morgan fingerprint density at radius 1 is 0.371 bits per heavy atom. The number of carbonyl (C=O) groups excluding carboxylic acids is 2. The quantitative estimate of drug-likeness (QED) is 0.0346. The van der Waals surface area contributed by atoms with E-state index in [4.69, 9.17) is 14.2 Å². The average Bonchev–Trinajstić information content (AvgIpc) is 3.27. The lowest BCUT2D eigenvalue weighted by atomic mass is 10.0. The zero-order valence-corrected chi connectivity index (χ0v) is 41.4. The molecule has 62 heavy (non-hydrogen) atoms. The summed E-state index contributed by atoms with van der Waals surface area (Å²) in [6.45, 7) is 7.66. The van der Waals surface area contributed by atoms with E-state index >= 15 is 0 Å². The minimum absolute atomic E-state index is 0.0543. The fraction of sp³-hybridized carbons (Fsp3) is 0.789. The summed E-state index contributed by atoms with van der Waals surface area (Å²) in [5.74, 6) is -0.491. The fourth-order valence-corrected chi connectivity index (χ4v) is 7.58. The van der Waals surface area contributed by atoms with Crippen molar-refractivity contribution in [2.75, 3.05) is 19.8 Å². The minimum atomic E-state index is -0.575. The van der Waals surface area contributed by atoms with Gasteiger partial charge in [-0.25, -0.2) is 0 Å². The highest BCUT2D eigenvalue weighted by molar-refractivity contribution is 5.70. The fourth-order valence-electron chi connectivity index (χ4n) is 7.58. The second-order valence-corrected chi connectivity index (χ2v) is 17.8. The zero-order valence-electron chi connectivity index (χ0n) is 41.4. The van der Waals surface area contributed by atoms with Crippen molar-refractivity contribution in [2.45, 2.75) is 271 Å². The van der Waals surface area contributed by atoms with Crippen molar-refractivity contribution in [2.24, 2.45) is 0 Å². The van der Waals surface area contributed by atoms with Crippen molar-refractivity contribution in [3.63, 3.8) is 0 Å². The van der Waals surface area contributed by atoms with Gasteiger partial charge in [0, 0.05) is 19.4 Å². The summed E-state index contributed by atoms with van der Waals surface area (Å²) >= 11 is 0. The maximum atomic E-state index is 12.8. The molecule has 5 heteroatoms. The highest BCUT2D eigenvalue weighted by atomic mass is 16.6. The van der Waals surface area contributed by atoms with E-state index in [9.17, 15) is 9.59 Å². The summed E-state index contributed by atoms with van der Waals surface area (Å²) in [7, 11) is 0. The van der Waals surface area contributed by atoms with Gasteiger partial charge in [-0.2, -0.15) is 0 Å². The van der Waals surface area contributed by atoms with Gasteiger partial charge >= 0.3 is 11.9 Å². The van der Waals surface area contributed by atoms with Gasteiger partial charge in [0.05, 0.1) is 6.61 Å². The molecule has 0 heterocycles. The first-order chi connectivity index (χ1) is 30.6. The summed E-state index contributed by atoms with van der Waals surface area (Å²) < 4.78 is 17.3. The molecule has 0 aromatic heterocycles. The van der Waals surface area contributed by atoms with E-state index in [1.807, 2.05) is 6.08 Å². The van der Waals surface area contributed by atoms with Gasteiger partial charge in [0.2, 0.25) is 0 Å². The summed E-state index contributed by atoms with van der Waals surface area (Å²) in [4.78, 5) is 25.4. The predicted molar refractivity (Wildman–Crippen MR) is 270 cm³/mol. The molecule has 0 spiro atoms. The molecule has 5 nitrogen and oxygen atoms in total. The molecule has 0 rings (SSSR count). The third-order valence-corrected chi connectivity index (χ3v) is 11.6. The van der Waals surface area contributed by atoms with E-state index < -0.39 is 6.10 Å². The molecule has 1 atom stereocenters. The van der Waals surface area contributed by atoms with Crippen molar-refractivity contribution in [3.8, 4) is 0 Å². The molecule has 0 N–H and O–H groups in total. The Hall–Kier alpha value is -2.40. The SMILES string of the molecule is CC/C=C\C/C=C\C/C=C\C/C=C\CCC(=O)OC(COCCCCCCCCCCCCCCCCCCCC)COC(=O)CCCCCCC/C=C\CCCCCCCC.